The van der Waals surface area contributed by atoms with Crippen molar-refractivity contribution in [3.05, 3.63) is 67.9 Å². The SMILES string of the molecule is O=C(OCc1cccc(Cl)c1)c1cc(Cl)ncc1[N+](=O)[O-]. The average Bonchev–Trinajstić information content (AvgIpc) is 2.44. The Morgan fingerprint density at radius 2 is 2.10 bits per heavy atom. The Bertz CT molecular complexity index is 706. The van der Waals surface area contributed by atoms with Gasteiger partial charge in [-0.15, -0.1) is 0 Å². The standard InChI is InChI=1S/C13H8Cl2N2O4/c14-9-3-1-2-8(4-9)7-21-13(18)10-5-12(15)16-6-11(10)17(19)20/h1-6H,7H2. The van der Waals surface area contributed by atoms with E-state index in [4.69, 9.17) is 27.9 Å². The van der Waals surface area contributed by atoms with Crippen LogP contribution in [0.4, 0.5) is 5.69 Å². The number of carbonyl (C=O) groups is 1. The lowest BCUT2D eigenvalue weighted by Crippen LogP contribution is -2.09. The largest absolute Gasteiger partial charge is 0.457 e. The van der Waals surface area contributed by atoms with E-state index in [0.717, 1.165) is 12.3 Å². The van der Waals surface area contributed by atoms with E-state index in [9.17, 15) is 14.9 Å². The summed E-state index contributed by atoms with van der Waals surface area (Å²) in [6.07, 6.45) is 0.915. The van der Waals surface area contributed by atoms with Crippen LogP contribution < -0.4 is 0 Å². The third-order valence-electron chi connectivity index (χ3n) is 2.53. The molecule has 1 aromatic heterocycles. The fraction of sp³-hybridized carbons (Fsp3) is 0.0769. The number of aromatic nitrogens is 1. The predicted octanol–water partition coefficient (Wildman–Crippen LogP) is 3.65. The molecule has 1 aromatic carbocycles. The second-order valence-corrected chi connectivity index (χ2v) is 4.81. The molecule has 0 atom stereocenters. The molecule has 6 nitrogen and oxygen atoms in total. The van der Waals surface area contributed by atoms with Gasteiger partial charge < -0.3 is 4.74 Å². The van der Waals surface area contributed by atoms with Gasteiger partial charge >= 0.3 is 11.7 Å². The van der Waals surface area contributed by atoms with Gasteiger partial charge in [0.05, 0.1) is 4.92 Å². The van der Waals surface area contributed by atoms with Crippen LogP contribution in [0.3, 0.4) is 0 Å². The van der Waals surface area contributed by atoms with Crippen molar-refractivity contribution in [1.29, 1.82) is 0 Å². The summed E-state index contributed by atoms with van der Waals surface area (Å²) in [4.78, 5) is 25.6. The van der Waals surface area contributed by atoms with Crippen molar-refractivity contribution >= 4 is 34.9 Å². The summed E-state index contributed by atoms with van der Waals surface area (Å²) < 4.78 is 5.03. The van der Waals surface area contributed by atoms with E-state index in [0.29, 0.717) is 10.6 Å². The Balaban J connectivity index is 2.17. The topological polar surface area (TPSA) is 82.3 Å². The Labute approximate surface area is 129 Å². The summed E-state index contributed by atoms with van der Waals surface area (Å²) in [6.45, 7) is -0.0590. The fourth-order valence-electron chi connectivity index (χ4n) is 1.59. The molecule has 0 N–H and O–H groups in total. The van der Waals surface area contributed by atoms with Crippen LogP contribution in [0.5, 0.6) is 0 Å². The minimum absolute atomic E-state index is 0.0321. The molecule has 0 unspecified atom stereocenters. The van der Waals surface area contributed by atoms with Crippen molar-refractivity contribution in [2.75, 3.05) is 0 Å². The number of rotatable bonds is 4. The second kappa shape index (κ2) is 6.51. The van der Waals surface area contributed by atoms with Crippen molar-refractivity contribution in [3.8, 4) is 0 Å². The van der Waals surface area contributed by atoms with Gasteiger partial charge in [-0.3, -0.25) is 10.1 Å². The van der Waals surface area contributed by atoms with E-state index in [-0.39, 0.29) is 17.3 Å². The molecular weight excluding hydrogens is 319 g/mol. The van der Waals surface area contributed by atoms with E-state index in [1.807, 2.05) is 0 Å². The summed E-state index contributed by atoms with van der Waals surface area (Å²) in [7, 11) is 0. The van der Waals surface area contributed by atoms with Crippen LogP contribution in [-0.4, -0.2) is 15.9 Å². The molecule has 0 aliphatic rings. The molecule has 0 aliphatic carbocycles. The summed E-state index contributed by atoms with van der Waals surface area (Å²) in [5.74, 6) is -0.856. The van der Waals surface area contributed by atoms with Gasteiger partial charge in [0.1, 0.15) is 23.5 Å². The Morgan fingerprint density at radius 1 is 1.33 bits per heavy atom. The highest BCUT2D eigenvalue weighted by Crippen LogP contribution is 2.22. The predicted molar refractivity (Wildman–Crippen MR) is 76.5 cm³/mol. The molecular formula is C13H8Cl2N2O4. The summed E-state index contributed by atoms with van der Waals surface area (Å²) in [5, 5.41) is 11.3. The molecule has 21 heavy (non-hydrogen) atoms. The van der Waals surface area contributed by atoms with Gasteiger partial charge in [0.25, 0.3) is 0 Å². The number of esters is 1. The van der Waals surface area contributed by atoms with Crippen molar-refractivity contribution < 1.29 is 14.5 Å². The third kappa shape index (κ3) is 3.90. The minimum Gasteiger partial charge on any atom is -0.457 e. The van der Waals surface area contributed by atoms with E-state index >= 15 is 0 Å². The molecule has 0 aliphatic heterocycles. The second-order valence-electron chi connectivity index (χ2n) is 3.99. The molecule has 2 rings (SSSR count). The van der Waals surface area contributed by atoms with Gasteiger partial charge in [-0.05, 0) is 23.8 Å². The number of pyridine rings is 1. The quantitative estimate of drug-likeness (QED) is 0.370. The Hall–Kier alpha value is -2.18. The van der Waals surface area contributed by atoms with Crippen LogP contribution in [0, 0.1) is 10.1 Å². The first-order chi connectivity index (χ1) is 9.97. The van der Waals surface area contributed by atoms with Crippen LogP contribution in [0.2, 0.25) is 10.2 Å². The Morgan fingerprint density at radius 3 is 2.76 bits per heavy atom. The van der Waals surface area contributed by atoms with Gasteiger partial charge in [0.2, 0.25) is 0 Å². The number of carbonyl (C=O) groups excluding carboxylic acids is 1. The molecule has 0 spiro atoms. The molecule has 0 amide bonds. The number of nitro groups is 1. The normalized spacial score (nSPS) is 10.2. The number of halogens is 2. The van der Waals surface area contributed by atoms with Gasteiger partial charge in [-0.1, -0.05) is 35.3 Å². The summed E-state index contributed by atoms with van der Waals surface area (Å²) in [5.41, 5.74) is -0.0452. The number of benzene rings is 1. The van der Waals surface area contributed by atoms with Crippen molar-refractivity contribution in [2.45, 2.75) is 6.61 Å². The minimum atomic E-state index is -0.856. The van der Waals surface area contributed by atoms with Crippen molar-refractivity contribution in [1.82, 2.24) is 4.98 Å². The summed E-state index contributed by atoms with van der Waals surface area (Å²) >= 11 is 11.5. The van der Waals surface area contributed by atoms with E-state index in [1.165, 1.54) is 0 Å². The molecule has 0 radical (unpaired) electrons. The number of hydrogen-bond acceptors (Lipinski definition) is 5. The van der Waals surface area contributed by atoms with Crippen LogP contribution in [0.15, 0.2) is 36.5 Å². The zero-order valence-corrected chi connectivity index (χ0v) is 12.0. The maximum Gasteiger partial charge on any atom is 0.345 e. The molecule has 0 bridgehead atoms. The van der Waals surface area contributed by atoms with Gasteiger partial charge in [-0.2, -0.15) is 0 Å². The lowest BCUT2D eigenvalue weighted by atomic mass is 10.2. The van der Waals surface area contributed by atoms with Crippen molar-refractivity contribution in [2.24, 2.45) is 0 Å². The Kier molecular flexibility index (Phi) is 4.72. The molecule has 0 saturated carbocycles. The molecule has 0 fully saturated rings. The van der Waals surface area contributed by atoms with E-state index < -0.39 is 16.6 Å². The highest BCUT2D eigenvalue weighted by Gasteiger charge is 2.22. The lowest BCUT2D eigenvalue weighted by Gasteiger charge is -2.06. The third-order valence-corrected chi connectivity index (χ3v) is 2.97. The first-order valence-electron chi connectivity index (χ1n) is 5.69. The zero-order valence-electron chi connectivity index (χ0n) is 10.5. The monoisotopic (exact) mass is 326 g/mol. The lowest BCUT2D eigenvalue weighted by molar-refractivity contribution is -0.385. The maximum absolute atomic E-state index is 11.9. The first kappa shape index (κ1) is 15.2. The highest BCUT2D eigenvalue weighted by atomic mass is 35.5. The van der Waals surface area contributed by atoms with Gasteiger partial charge in [-0.25, -0.2) is 9.78 Å². The van der Waals surface area contributed by atoms with Crippen LogP contribution in [0.1, 0.15) is 15.9 Å². The van der Waals surface area contributed by atoms with Crippen molar-refractivity contribution in [3.63, 3.8) is 0 Å². The highest BCUT2D eigenvalue weighted by molar-refractivity contribution is 6.30. The smallest absolute Gasteiger partial charge is 0.345 e. The molecule has 8 heteroatoms. The molecule has 0 saturated heterocycles. The van der Waals surface area contributed by atoms with Crippen LogP contribution >= 0.6 is 23.2 Å². The van der Waals surface area contributed by atoms with E-state index in [1.54, 1.807) is 24.3 Å². The number of ether oxygens (including phenoxy) is 1. The van der Waals surface area contributed by atoms with Gasteiger partial charge in [0.15, 0.2) is 0 Å². The van der Waals surface area contributed by atoms with Gasteiger partial charge in [0, 0.05) is 5.02 Å². The molecule has 108 valence electrons. The van der Waals surface area contributed by atoms with Crippen LogP contribution in [0.25, 0.3) is 0 Å². The maximum atomic E-state index is 11.9. The fourth-order valence-corrected chi connectivity index (χ4v) is 1.96. The summed E-state index contributed by atoms with van der Waals surface area (Å²) in [6, 6.07) is 7.83. The first-order valence-corrected chi connectivity index (χ1v) is 6.44. The molecule has 2 aromatic rings. The van der Waals surface area contributed by atoms with Crippen LogP contribution in [-0.2, 0) is 11.3 Å². The average molecular weight is 327 g/mol. The molecule has 1 heterocycles. The van der Waals surface area contributed by atoms with E-state index in [2.05, 4.69) is 4.98 Å². The number of nitrogens with zero attached hydrogens (tertiary/aromatic N) is 2. The number of hydrogen-bond donors (Lipinski definition) is 0. The zero-order chi connectivity index (χ0) is 15.4.